The lowest BCUT2D eigenvalue weighted by Gasteiger charge is -2.30. The van der Waals surface area contributed by atoms with E-state index in [2.05, 4.69) is 0 Å². The molecule has 0 saturated heterocycles. The van der Waals surface area contributed by atoms with Crippen molar-refractivity contribution in [3.63, 3.8) is 0 Å². The second kappa shape index (κ2) is 9.75. The molecule has 112 valence electrons. The molecule has 0 aliphatic rings. The van der Waals surface area contributed by atoms with Crippen LogP contribution < -0.4 is 0 Å². The SMILES string of the molecule is CCOC(CC)(OCC)OC(=O)CCCCC(=O)O. The molecule has 0 spiro atoms. The Morgan fingerprint density at radius 3 is 1.95 bits per heavy atom. The number of carboxylic acids is 1. The number of aliphatic carboxylic acids is 1. The molecule has 19 heavy (non-hydrogen) atoms. The van der Waals surface area contributed by atoms with E-state index in [0.29, 0.717) is 32.5 Å². The Labute approximate surface area is 114 Å². The molecule has 6 nitrogen and oxygen atoms in total. The van der Waals surface area contributed by atoms with Crippen LogP contribution in [0.3, 0.4) is 0 Å². The van der Waals surface area contributed by atoms with Crippen LogP contribution in [0.15, 0.2) is 0 Å². The van der Waals surface area contributed by atoms with E-state index in [1.165, 1.54) is 0 Å². The Morgan fingerprint density at radius 1 is 1.00 bits per heavy atom. The molecule has 0 atom stereocenters. The highest BCUT2D eigenvalue weighted by atomic mass is 16.9. The van der Waals surface area contributed by atoms with E-state index in [1.54, 1.807) is 13.8 Å². The number of carbonyl (C=O) groups excluding carboxylic acids is 1. The zero-order chi connectivity index (χ0) is 14.7. The van der Waals surface area contributed by atoms with Crippen molar-refractivity contribution in [2.75, 3.05) is 13.2 Å². The van der Waals surface area contributed by atoms with Crippen LogP contribution in [0.25, 0.3) is 0 Å². The smallest absolute Gasteiger partial charge is 0.328 e. The lowest BCUT2D eigenvalue weighted by molar-refractivity contribution is -0.361. The van der Waals surface area contributed by atoms with E-state index in [9.17, 15) is 9.59 Å². The van der Waals surface area contributed by atoms with Gasteiger partial charge in [0.2, 0.25) is 0 Å². The molecule has 0 aromatic heterocycles. The van der Waals surface area contributed by atoms with Crippen molar-refractivity contribution in [2.24, 2.45) is 0 Å². The van der Waals surface area contributed by atoms with Crippen molar-refractivity contribution in [1.82, 2.24) is 0 Å². The Kier molecular flexibility index (Phi) is 9.16. The fraction of sp³-hybridized carbons (Fsp3) is 0.846. The first-order valence-electron chi connectivity index (χ1n) is 6.71. The van der Waals surface area contributed by atoms with Gasteiger partial charge in [-0.15, -0.1) is 0 Å². The summed E-state index contributed by atoms with van der Waals surface area (Å²) in [5, 5.41) is 8.49. The lowest BCUT2D eigenvalue weighted by atomic mass is 10.2. The van der Waals surface area contributed by atoms with Gasteiger partial charge in [-0.3, -0.25) is 9.59 Å². The second-order valence-electron chi connectivity index (χ2n) is 3.98. The van der Waals surface area contributed by atoms with Gasteiger partial charge in [0.05, 0.1) is 13.2 Å². The Bertz CT molecular complexity index is 270. The summed E-state index contributed by atoms with van der Waals surface area (Å²) in [6.07, 6.45) is 1.55. The van der Waals surface area contributed by atoms with E-state index >= 15 is 0 Å². The summed E-state index contributed by atoms with van der Waals surface area (Å²) in [5.74, 6) is -2.61. The van der Waals surface area contributed by atoms with Crippen molar-refractivity contribution in [3.05, 3.63) is 0 Å². The van der Waals surface area contributed by atoms with Gasteiger partial charge in [-0.05, 0) is 26.7 Å². The molecule has 0 aliphatic heterocycles. The minimum absolute atomic E-state index is 0.0587. The molecule has 0 radical (unpaired) electrons. The highest BCUT2D eigenvalue weighted by molar-refractivity contribution is 5.70. The summed E-state index contributed by atoms with van der Waals surface area (Å²) in [6.45, 7) is 6.15. The van der Waals surface area contributed by atoms with Crippen LogP contribution >= 0.6 is 0 Å². The third-order valence-corrected chi connectivity index (χ3v) is 2.45. The van der Waals surface area contributed by atoms with E-state index in [-0.39, 0.29) is 12.8 Å². The quantitative estimate of drug-likeness (QED) is 0.354. The van der Waals surface area contributed by atoms with Crippen molar-refractivity contribution < 1.29 is 28.9 Å². The van der Waals surface area contributed by atoms with Crippen LogP contribution in [0, 0.1) is 0 Å². The van der Waals surface area contributed by atoms with E-state index in [4.69, 9.17) is 19.3 Å². The van der Waals surface area contributed by atoms with Crippen molar-refractivity contribution in [3.8, 4) is 0 Å². The molecule has 0 aromatic carbocycles. The predicted octanol–water partition coefficient (Wildman–Crippen LogP) is 2.31. The average Bonchev–Trinajstić information content (AvgIpc) is 2.35. The summed E-state index contributed by atoms with van der Waals surface area (Å²) < 4.78 is 16.0. The molecule has 6 heteroatoms. The standard InChI is InChI=1S/C13H24O6/c1-4-13(17-5-2,18-6-3)19-12(16)10-8-7-9-11(14)15/h4-10H2,1-3H3,(H,14,15). The van der Waals surface area contributed by atoms with Gasteiger partial charge >= 0.3 is 17.9 Å². The highest BCUT2D eigenvalue weighted by Crippen LogP contribution is 2.21. The summed E-state index contributed by atoms with van der Waals surface area (Å²) in [6, 6.07) is 0. The maximum atomic E-state index is 11.7. The monoisotopic (exact) mass is 276 g/mol. The topological polar surface area (TPSA) is 82.1 Å². The van der Waals surface area contributed by atoms with Crippen LogP contribution in [-0.4, -0.2) is 36.2 Å². The number of carboxylic acid groups (broad SMARTS) is 1. The zero-order valence-corrected chi connectivity index (χ0v) is 11.9. The maximum absolute atomic E-state index is 11.7. The van der Waals surface area contributed by atoms with Crippen LogP contribution in [-0.2, 0) is 23.8 Å². The molecule has 0 amide bonds. The van der Waals surface area contributed by atoms with Gasteiger partial charge in [0.1, 0.15) is 0 Å². The van der Waals surface area contributed by atoms with E-state index < -0.39 is 17.9 Å². The average molecular weight is 276 g/mol. The van der Waals surface area contributed by atoms with Crippen molar-refractivity contribution in [1.29, 1.82) is 0 Å². The molecule has 0 rings (SSSR count). The van der Waals surface area contributed by atoms with Crippen LogP contribution in [0.1, 0.15) is 52.9 Å². The fourth-order valence-electron chi connectivity index (χ4n) is 1.59. The molecule has 0 unspecified atom stereocenters. The molecule has 0 bridgehead atoms. The third-order valence-electron chi connectivity index (χ3n) is 2.45. The van der Waals surface area contributed by atoms with Crippen molar-refractivity contribution >= 4 is 11.9 Å². The number of esters is 1. The first-order chi connectivity index (χ1) is 8.99. The Hall–Kier alpha value is -1.14. The molecular weight excluding hydrogens is 252 g/mol. The lowest BCUT2D eigenvalue weighted by Crippen LogP contribution is -2.40. The molecule has 0 aromatic rings. The van der Waals surface area contributed by atoms with Gasteiger partial charge in [0.15, 0.2) is 0 Å². The first kappa shape index (κ1) is 17.9. The molecule has 0 heterocycles. The Balaban J connectivity index is 4.18. The number of carbonyl (C=O) groups is 2. The van der Waals surface area contributed by atoms with Gasteiger partial charge in [0.25, 0.3) is 0 Å². The van der Waals surface area contributed by atoms with Crippen LogP contribution in [0.2, 0.25) is 0 Å². The van der Waals surface area contributed by atoms with Crippen LogP contribution in [0.4, 0.5) is 0 Å². The predicted molar refractivity (Wildman–Crippen MR) is 68.5 cm³/mol. The third kappa shape index (κ3) is 7.79. The van der Waals surface area contributed by atoms with Gasteiger partial charge in [-0.25, -0.2) is 0 Å². The fourth-order valence-corrected chi connectivity index (χ4v) is 1.59. The van der Waals surface area contributed by atoms with Crippen molar-refractivity contribution in [2.45, 2.75) is 58.8 Å². The molecule has 0 saturated carbocycles. The number of rotatable bonds is 11. The van der Waals surface area contributed by atoms with E-state index in [0.717, 1.165) is 0 Å². The van der Waals surface area contributed by atoms with E-state index in [1.807, 2.05) is 6.92 Å². The normalized spacial score (nSPS) is 11.3. The van der Waals surface area contributed by atoms with Gasteiger partial charge in [-0.1, -0.05) is 6.92 Å². The first-order valence-corrected chi connectivity index (χ1v) is 6.71. The van der Waals surface area contributed by atoms with Gasteiger partial charge in [-0.2, -0.15) is 0 Å². The number of unbranched alkanes of at least 4 members (excludes halogenated alkanes) is 1. The zero-order valence-electron chi connectivity index (χ0n) is 11.9. The maximum Gasteiger partial charge on any atom is 0.328 e. The largest absolute Gasteiger partial charge is 0.481 e. The molecular formula is C13H24O6. The number of hydrogen-bond donors (Lipinski definition) is 1. The molecule has 1 N–H and O–H groups in total. The summed E-state index contributed by atoms with van der Waals surface area (Å²) in [4.78, 5) is 22.0. The highest BCUT2D eigenvalue weighted by Gasteiger charge is 2.34. The second-order valence-corrected chi connectivity index (χ2v) is 3.98. The molecule has 0 aliphatic carbocycles. The Morgan fingerprint density at radius 2 is 1.53 bits per heavy atom. The summed E-state index contributed by atoms with van der Waals surface area (Å²) >= 11 is 0. The van der Waals surface area contributed by atoms with Gasteiger partial charge in [0, 0.05) is 19.3 Å². The number of ether oxygens (including phenoxy) is 3. The van der Waals surface area contributed by atoms with Crippen LogP contribution in [0.5, 0.6) is 0 Å². The minimum Gasteiger partial charge on any atom is -0.481 e. The summed E-state index contributed by atoms with van der Waals surface area (Å²) in [7, 11) is 0. The number of hydrogen-bond acceptors (Lipinski definition) is 5. The minimum atomic E-state index is -1.31. The van der Waals surface area contributed by atoms with Gasteiger partial charge < -0.3 is 19.3 Å². The summed E-state index contributed by atoms with van der Waals surface area (Å²) in [5.41, 5.74) is 0. The molecule has 0 fully saturated rings.